The summed E-state index contributed by atoms with van der Waals surface area (Å²) in [5.74, 6) is -1.29. The molecule has 0 amide bonds. The molecule has 7 nitrogen and oxygen atoms in total. The first-order valence-corrected chi connectivity index (χ1v) is 11.1. The number of ether oxygens (including phenoxy) is 1. The van der Waals surface area contributed by atoms with E-state index in [9.17, 15) is 25.5 Å². The minimum atomic E-state index is -1.84. The van der Waals surface area contributed by atoms with Crippen molar-refractivity contribution in [2.24, 2.45) is 34.5 Å². The Morgan fingerprint density at radius 1 is 1.21 bits per heavy atom. The summed E-state index contributed by atoms with van der Waals surface area (Å²) in [7, 11) is 1.58. The minimum absolute atomic E-state index is 0.134. The van der Waals surface area contributed by atoms with E-state index in [0.717, 1.165) is 0 Å². The Balaban J connectivity index is 1.68. The van der Waals surface area contributed by atoms with E-state index >= 15 is 0 Å². The summed E-state index contributed by atoms with van der Waals surface area (Å²) in [4.78, 5) is 2.16. The van der Waals surface area contributed by atoms with Crippen LogP contribution in [-0.2, 0) is 4.74 Å². The van der Waals surface area contributed by atoms with Crippen molar-refractivity contribution in [2.45, 2.75) is 68.3 Å². The Hall–Kier alpha value is -0.540. The van der Waals surface area contributed by atoms with Crippen molar-refractivity contribution in [2.75, 3.05) is 20.2 Å². The van der Waals surface area contributed by atoms with Crippen molar-refractivity contribution < 1.29 is 30.3 Å². The monoisotopic (exact) mass is 407 g/mol. The number of likely N-dealkylation sites (tertiary alicyclic amines) is 1. The van der Waals surface area contributed by atoms with Crippen LogP contribution in [0.4, 0.5) is 0 Å². The van der Waals surface area contributed by atoms with E-state index in [4.69, 9.17) is 4.74 Å². The summed E-state index contributed by atoms with van der Waals surface area (Å²) >= 11 is 0. The Labute approximate surface area is 171 Å². The molecule has 0 aromatic heterocycles. The molecule has 5 fully saturated rings. The summed E-state index contributed by atoms with van der Waals surface area (Å²) in [6.07, 6.45) is 1.41. The molecule has 1 saturated heterocycles. The number of aliphatic hydroxyl groups is 5. The van der Waals surface area contributed by atoms with Crippen molar-refractivity contribution in [3.05, 3.63) is 12.2 Å². The number of aliphatic hydroxyl groups excluding tert-OH is 3. The number of fused-ring (bicyclic) bond motifs is 2. The molecule has 5 N–H and O–H groups in total. The highest BCUT2D eigenvalue weighted by molar-refractivity contribution is 5.43. The fourth-order valence-corrected chi connectivity index (χ4v) is 9.68. The van der Waals surface area contributed by atoms with Gasteiger partial charge in [0.25, 0.3) is 0 Å². The lowest BCUT2D eigenvalue weighted by Gasteiger charge is -2.68. The van der Waals surface area contributed by atoms with Crippen molar-refractivity contribution in [3.63, 3.8) is 0 Å². The quantitative estimate of drug-likeness (QED) is 0.378. The fraction of sp³-hybridized carbons (Fsp3) is 0.909. The van der Waals surface area contributed by atoms with Crippen LogP contribution in [0.25, 0.3) is 0 Å². The molecule has 7 heteroatoms. The second-order valence-electron chi connectivity index (χ2n) is 10.9. The van der Waals surface area contributed by atoms with E-state index in [0.29, 0.717) is 19.5 Å². The second-order valence-corrected chi connectivity index (χ2v) is 10.9. The van der Waals surface area contributed by atoms with Gasteiger partial charge in [-0.2, -0.15) is 0 Å². The minimum Gasteiger partial charge on any atom is -0.392 e. The van der Waals surface area contributed by atoms with Gasteiger partial charge in [-0.05, 0) is 18.9 Å². The lowest BCUT2D eigenvalue weighted by atomic mass is 9.44. The van der Waals surface area contributed by atoms with Crippen LogP contribution in [0.1, 0.15) is 26.7 Å². The van der Waals surface area contributed by atoms with Crippen LogP contribution < -0.4 is 0 Å². The van der Waals surface area contributed by atoms with Crippen LogP contribution in [0, 0.1) is 34.5 Å². The molecule has 0 radical (unpaired) electrons. The molecule has 1 aliphatic heterocycles. The molecule has 4 saturated carbocycles. The number of hydrogen-bond acceptors (Lipinski definition) is 7. The molecule has 1 spiro atoms. The zero-order chi connectivity index (χ0) is 20.7. The lowest BCUT2D eigenvalue weighted by Crippen LogP contribution is -2.81. The zero-order valence-electron chi connectivity index (χ0n) is 17.3. The predicted octanol–water partition coefficient (Wildman–Crippen LogP) is -0.888. The van der Waals surface area contributed by atoms with Gasteiger partial charge in [0, 0.05) is 48.7 Å². The average Bonchev–Trinajstić information content (AvgIpc) is 3.04. The third-order valence-electron chi connectivity index (χ3n) is 10.3. The molecule has 7 bridgehead atoms. The standard InChI is InChI=1S/C22H33NO6/c1-4-23-9-19(2)6-5-13(24)21-11-7-10-12(29-3)8-20(27,14(11)15(10)25)22(28,18(21)23)17(26)16(19)21/h5-6,10-18,24-28H,4,7-9H2,1-3H3/t10-,11-,12+,13+,14-,15-,16+,17+,18+,19+,20-,21+,22-/m1/s1. The van der Waals surface area contributed by atoms with Gasteiger partial charge in [-0.3, -0.25) is 4.90 Å². The molecule has 1 heterocycles. The molecule has 0 aromatic carbocycles. The summed E-state index contributed by atoms with van der Waals surface area (Å²) < 4.78 is 5.66. The smallest absolute Gasteiger partial charge is 0.136 e. The Kier molecular flexibility index (Phi) is 3.48. The van der Waals surface area contributed by atoms with Crippen LogP contribution in [-0.4, -0.2) is 92.3 Å². The molecule has 6 rings (SSSR count). The summed E-state index contributed by atoms with van der Waals surface area (Å²) in [5, 5.41) is 58.9. The predicted molar refractivity (Wildman–Crippen MR) is 103 cm³/mol. The number of likely N-dealkylation sites (N-methyl/N-ethyl adjacent to an activating group) is 1. The molecule has 162 valence electrons. The molecular weight excluding hydrogens is 374 g/mol. The summed E-state index contributed by atoms with van der Waals surface area (Å²) in [5.41, 5.74) is -4.74. The first-order chi connectivity index (χ1) is 13.6. The van der Waals surface area contributed by atoms with Crippen molar-refractivity contribution >= 4 is 0 Å². The van der Waals surface area contributed by atoms with Gasteiger partial charge in [0.2, 0.25) is 0 Å². The molecule has 5 aliphatic carbocycles. The highest BCUT2D eigenvalue weighted by Crippen LogP contribution is 2.78. The normalized spacial score (nSPS) is 67.1. The number of methoxy groups -OCH3 is 1. The molecular formula is C22H33NO6. The van der Waals surface area contributed by atoms with Crippen molar-refractivity contribution in [1.29, 1.82) is 0 Å². The topological polar surface area (TPSA) is 114 Å². The third-order valence-corrected chi connectivity index (χ3v) is 10.3. The Bertz CT molecular complexity index is 791. The van der Waals surface area contributed by atoms with E-state index in [1.807, 2.05) is 19.1 Å². The van der Waals surface area contributed by atoms with Crippen molar-refractivity contribution in [1.82, 2.24) is 4.90 Å². The van der Waals surface area contributed by atoms with Crippen LogP contribution in [0.2, 0.25) is 0 Å². The number of nitrogens with zero attached hydrogens (tertiary/aromatic N) is 1. The molecule has 29 heavy (non-hydrogen) atoms. The van der Waals surface area contributed by atoms with Gasteiger partial charge in [0.15, 0.2) is 0 Å². The van der Waals surface area contributed by atoms with E-state index in [1.165, 1.54) is 0 Å². The van der Waals surface area contributed by atoms with Crippen LogP contribution in [0.15, 0.2) is 12.2 Å². The maximum Gasteiger partial charge on any atom is 0.136 e. The van der Waals surface area contributed by atoms with Gasteiger partial charge < -0.3 is 30.3 Å². The van der Waals surface area contributed by atoms with Gasteiger partial charge in [-0.25, -0.2) is 0 Å². The highest BCUT2D eigenvalue weighted by Gasteiger charge is 2.90. The second kappa shape index (κ2) is 5.26. The maximum atomic E-state index is 12.3. The molecule has 0 aromatic rings. The highest BCUT2D eigenvalue weighted by atomic mass is 16.5. The largest absolute Gasteiger partial charge is 0.392 e. The zero-order valence-corrected chi connectivity index (χ0v) is 17.3. The third kappa shape index (κ3) is 1.63. The summed E-state index contributed by atoms with van der Waals surface area (Å²) in [6.45, 7) is 5.43. The van der Waals surface area contributed by atoms with E-state index in [1.54, 1.807) is 7.11 Å². The van der Waals surface area contributed by atoms with E-state index < -0.39 is 52.3 Å². The van der Waals surface area contributed by atoms with E-state index in [2.05, 4.69) is 11.8 Å². The van der Waals surface area contributed by atoms with Crippen LogP contribution >= 0.6 is 0 Å². The number of hydrogen-bond donors (Lipinski definition) is 5. The van der Waals surface area contributed by atoms with Gasteiger partial charge in [0.05, 0.1) is 30.5 Å². The van der Waals surface area contributed by atoms with Gasteiger partial charge in [0.1, 0.15) is 11.2 Å². The number of piperidine rings is 1. The van der Waals surface area contributed by atoms with Gasteiger partial charge in [-0.1, -0.05) is 26.0 Å². The summed E-state index contributed by atoms with van der Waals surface area (Å²) in [6, 6.07) is -0.569. The SMILES string of the molecule is CCN1C[C@]2(C)C=C[C@H](O)[C@@]34[C@@H]5C[C@H]6[C@@H](O)[C@@H]5[C@](O)(C[C@@H]6OC)[C@@](O)([C@@H](O)[C@H]32)[C@@H]14. The van der Waals surface area contributed by atoms with E-state index in [-0.39, 0.29) is 30.3 Å². The Morgan fingerprint density at radius 2 is 1.93 bits per heavy atom. The molecule has 6 aliphatic rings. The molecule has 13 atom stereocenters. The Morgan fingerprint density at radius 3 is 2.59 bits per heavy atom. The lowest BCUT2D eigenvalue weighted by molar-refractivity contribution is -0.308. The maximum absolute atomic E-state index is 12.3. The van der Waals surface area contributed by atoms with Crippen LogP contribution in [0.3, 0.4) is 0 Å². The first kappa shape index (κ1) is 19.2. The van der Waals surface area contributed by atoms with Gasteiger partial charge >= 0.3 is 0 Å². The number of rotatable bonds is 2. The molecule has 0 unspecified atom stereocenters. The average molecular weight is 408 g/mol. The van der Waals surface area contributed by atoms with Gasteiger partial charge in [-0.15, -0.1) is 0 Å². The fourth-order valence-electron chi connectivity index (χ4n) is 9.68. The first-order valence-electron chi connectivity index (χ1n) is 11.1. The van der Waals surface area contributed by atoms with Crippen molar-refractivity contribution in [3.8, 4) is 0 Å². The van der Waals surface area contributed by atoms with Crippen LogP contribution in [0.5, 0.6) is 0 Å².